The van der Waals surface area contributed by atoms with E-state index >= 15 is 0 Å². The number of rotatable bonds is 5. The first kappa shape index (κ1) is 14.0. The van der Waals surface area contributed by atoms with Gasteiger partial charge in [-0.1, -0.05) is 43.2 Å². The van der Waals surface area contributed by atoms with Crippen molar-refractivity contribution in [2.45, 2.75) is 43.6 Å². The van der Waals surface area contributed by atoms with E-state index < -0.39 is 5.54 Å². The normalized spacial score (nSPS) is 26.8. The Bertz CT molecular complexity index is 426. The average molecular weight is 258 g/mol. The molecule has 1 fully saturated rings. The minimum atomic E-state index is -0.464. The highest BCUT2D eigenvalue weighted by Crippen LogP contribution is 2.40. The van der Waals surface area contributed by atoms with E-state index in [1.54, 1.807) is 0 Å². The van der Waals surface area contributed by atoms with Crippen LogP contribution in [0.15, 0.2) is 30.3 Å². The van der Waals surface area contributed by atoms with E-state index in [0.29, 0.717) is 13.0 Å². The van der Waals surface area contributed by atoms with Crippen LogP contribution in [-0.2, 0) is 0 Å². The highest BCUT2D eigenvalue weighted by molar-refractivity contribution is 5.30. The summed E-state index contributed by atoms with van der Waals surface area (Å²) in [7, 11) is 0. The van der Waals surface area contributed by atoms with Crippen molar-refractivity contribution in [1.29, 1.82) is 5.26 Å². The smallest absolute Gasteiger partial charge is 0.113 e. The van der Waals surface area contributed by atoms with E-state index in [-0.39, 0.29) is 12.5 Å². The van der Waals surface area contributed by atoms with Crippen LogP contribution in [0.1, 0.15) is 43.6 Å². The lowest BCUT2D eigenvalue weighted by molar-refractivity contribution is 0.237. The van der Waals surface area contributed by atoms with Crippen molar-refractivity contribution in [3.63, 3.8) is 0 Å². The zero-order chi connectivity index (χ0) is 13.6. The zero-order valence-corrected chi connectivity index (χ0v) is 11.3. The van der Waals surface area contributed by atoms with Gasteiger partial charge in [0.05, 0.1) is 6.07 Å². The Balaban J connectivity index is 2.20. The second-order valence-corrected chi connectivity index (χ2v) is 5.30. The van der Waals surface area contributed by atoms with Gasteiger partial charge in [0.25, 0.3) is 0 Å². The Labute approximate surface area is 115 Å². The molecule has 3 nitrogen and oxygen atoms in total. The molecule has 0 aliphatic heterocycles. The van der Waals surface area contributed by atoms with Crippen molar-refractivity contribution in [3.8, 4) is 6.07 Å². The first-order valence-corrected chi connectivity index (χ1v) is 7.14. The molecule has 0 saturated heterocycles. The number of nitriles is 1. The molecule has 19 heavy (non-hydrogen) atoms. The summed E-state index contributed by atoms with van der Waals surface area (Å²) < 4.78 is 0. The molecule has 0 radical (unpaired) electrons. The second-order valence-electron chi connectivity index (χ2n) is 5.30. The maximum Gasteiger partial charge on any atom is 0.113 e. The van der Waals surface area contributed by atoms with Crippen molar-refractivity contribution < 1.29 is 5.11 Å². The van der Waals surface area contributed by atoms with Gasteiger partial charge in [0, 0.05) is 12.5 Å². The molecule has 2 unspecified atom stereocenters. The van der Waals surface area contributed by atoms with Gasteiger partial charge >= 0.3 is 0 Å². The summed E-state index contributed by atoms with van der Waals surface area (Å²) in [5.41, 5.74) is 0.787. The fourth-order valence-electron chi connectivity index (χ4n) is 3.08. The number of benzene rings is 1. The van der Waals surface area contributed by atoms with Crippen molar-refractivity contribution in [2.24, 2.45) is 0 Å². The molecule has 0 spiro atoms. The van der Waals surface area contributed by atoms with Gasteiger partial charge in [-0.25, -0.2) is 0 Å². The quantitative estimate of drug-likeness (QED) is 0.798. The third-order valence-electron chi connectivity index (χ3n) is 4.09. The fraction of sp³-hybridized carbons (Fsp3) is 0.562. The number of aliphatic hydroxyl groups excluding tert-OH is 1. The van der Waals surface area contributed by atoms with Crippen LogP contribution in [-0.4, -0.2) is 23.8 Å². The molecular formula is C16H22N2O. The van der Waals surface area contributed by atoms with Crippen molar-refractivity contribution >= 4 is 0 Å². The van der Waals surface area contributed by atoms with Crippen LogP contribution in [0.5, 0.6) is 0 Å². The molecule has 1 aromatic rings. The summed E-state index contributed by atoms with van der Waals surface area (Å²) in [5.74, 6) is 0.256. The second kappa shape index (κ2) is 6.70. The maximum atomic E-state index is 9.70. The third kappa shape index (κ3) is 3.15. The molecule has 2 atom stereocenters. The van der Waals surface area contributed by atoms with Gasteiger partial charge in [-0.3, -0.25) is 5.32 Å². The number of nitrogens with one attached hydrogen (secondary N) is 1. The number of hydrogen-bond donors (Lipinski definition) is 2. The van der Waals surface area contributed by atoms with Gasteiger partial charge in [-0.05, 0) is 31.4 Å². The molecule has 1 saturated carbocycles. The molecule has 2 N–H and O–H groups in total. The number of nitrogens with zero attached hydrogens (tertiary/aromatic N) is 1. The number of aliphatic hydroxyl groups is 1. The van der Waals surface area contributed by atoms with Crippen molar-refractivity contribution in [3.05, 3.63) is 35.9 Å². The van der Waals surface area contributed by atoms with Crippen LogP contribution in [0.4, 0.5) is 0 Å². The number of hydrogen-bond acceptors (Lipinski definition) is 3. The zero-order valence-electron chi connectivity index (χ0n) is 11.3. The van der Waals surface area contributed by atoms with Gasteiger partial charge in [-0.15, -0.1) is 0 Å². The third-order valence-corrected chi connectivity index (χ3v) is 4.09. The standard InChI is InChI=1S/C16H22N2O/c17-13-16(18-11-6-12-19)10-5-4-9-15(16)14-7-2-1-3-8-14/h1-3,7-8,15,18-19H,4-6,9-12H2. The van der Waals surface area contributed by atoms with Crippen LogP contribution in [0.3, 0.4) is 0 Å². The predicted octanol–water partition coefficient (Wildman–Crippen LogP) is 2.58. The van der Waals surface area contributed by atoms with Gasteiger partial charge in [0.15, 0.2) is 0 Å². The largest absolute Gasteiger partial charge is 0.396 e. The summed E-state index contributed by atoms with van der Waals surface area (Å²) in [6.45, 7) is 0.873. The summed E-state index contributed by atoms with van der Waals surface area (Å²) in [4.78, 5) is 0. The molecule has 1 aliphatic carbocycles. The van der Waals surface area contributed by atoms with Crippen molar-refractivity contribution in [1.82, 2.24) is 5.32 Å². The maximum absolute atomic E-state index is 9.70. The average Bonchev–Trinajstić information content (AvgIpc) is 2.49. The van der Waals surface area contributed by atoms with Crippen LogP contribution in [0.25, 0.3) is 0 Å². The molecule has 3 heteroatoms. The first-order chi connectivity index (χ1) is 9.32. The molecule has 0 bridgehead atoms. The first-order valence-electron chi connectivity index (χ1n) is 7.14. The van der Waals surface area contributed by atoms with Gasteiger partial charge in [0.1, 0.15) is 5.54 Å². The summed E-state index contributed by atoms with van der Waals surface area (Å²) in [5, 5.41) is 22.0. The monoisotopic (exact) mass is 258 g/mol. The predicted molar refractivity (Wildman–Crippen MR) is 75.7 cm³/mol. The highest BCUT2D eigenvalue weighted by Gasteiger charge is 2.41. The summed E-state index contributed by atoms with van der Waals surface area (Å²) in [6.07, 6.45) is 4.94. The molecule has 2 rings (SSSR count). The van der Waals surface area contributed by atoms with E-state index in [2.05, 4.69) is 23.5 Å². The van der Waals surface area contributed by atoms with Crippen molar-refractivity contribution in [2.75, 3.05) is 13.2 Å². The van der Waals surface area contributed by atoms with E-state index in [1.165, 1.54) is 12.0 Å². The summed E-state index contributed by atoms with van der Waals surface area (Å²) >= 11 is 0. The van der Waals surface area contributed by atoms with E-state index in [9.17, 15) is 5.26 Å². The van der Waals surface area contributed by atoms with Crippen LogP contribution >= 0.6 is 0 Å². The lowest BCUT2D eigenvalue weighted by Gasteiger charge is -2.40. The van der Waals surface area contributed by atoms with Gasteiger partial charge in [-0.2, -0.15) is 5.26 Å². The lowest BCUT2D eigenvalue weighted by atomic mass is 9.70. The van der Waals surface area contributed by atoms with Crippen LogP contribution in [0.2, 0.25) is 0 Å². The fourth-order valence-corrected chi connectivity index (χ4v) is 3.08. The highest BCUT2D eigenvalue weighted by atomic mass is 16.3. The molecular weight excluding hydrogens is 236 g/mol. The Hall–Kier alpha value is -1.37. The minimum absolute atomic E-state index is 0.171. The lowest BCUT2D eigenvalue weighted by Crippen LogP contribution is -2.51. The molecule has 102 valence electrons. The van der Waals surface area contributed by atoms with Crippen LogP contribution in [0, 0.1) is 11.3 Å². The Morgan fingerprint density at radius 3 is 2.79 bits per heavy atom. The van der Waals surface area contributed by atoms with Crippen LogP contribution < -0.4 is 5.32 Å². The van der Waals surface area contributed by atoms with E-state index in [1.807, 2.05) is 18.2 Å². The molecule has 1 aromatic carbocycles. The molecule has 0 amide bonds. The Morgan fingerprint density at radius 2 is 2.11 bits per heavy atom. The van der Waals surface area contributed by atoms with E-state index in [0.717, 1.165) is 19.3 Å². The topological polar surface area (TPSA) is 56.0 Å². The van der Waals surface area contributed by atoms with Gasteiger partial charge < -0.3 is 5.11 Å². The summed E-state index contributed by atoms with van der Waals surface area (Å²) in [6, 6.07) is 12.9. The Kier molecular flexibility index (Phi) is 4.95. The van der Waals surface area contributed by atoms with E-state index in [4.69, 9.17) is 5.11 Å². The molecule has 0 aromatic heterocycles. The SMILES string of the molecule is N#CC1(NCCCO)CCCCC1c1ccccc1. The molecule has 1 aliphatic rings. The van der Waals surface area contributed by atoms with Gasteiger partial charge in [0.2, 0.25) is 0 Å². The Morgan fingerprint density at radius 1 is 1.32 bits per heavy atom. The molecule has 0 heterocycles. The minimum Gasteiger partial charge on any atom is -0.396 e.